The van der Waals surface area contributed by atoms with E-state index in [1.54, 1.807) is 23.7 Å². The highest BCUT2D eigenvalue weighted by atomic mass is 32.1. The second-order valence-electron chi connectivity index (χ2n) is 6.40. The number of hydrogen-bond donors (Lipinski definition) is 2. The topological polar surface area (TPSA) is 66.9 Å². The molecule has 2 N–H and O–H groups in total. The molecule has 2 aromatic heterocycles. The molecular formula is C20H20N4OS. The number of anilines is 2. The van der Waals surface area contributed by atoms with Crippen LogP contribution in [0.15, 0.2) is 48.8 Å². The van der Waals surface area contributed by atoms with Crippen LogP contribution in [0.1, 0.15) is 34.5 Å². The monoisotopic (exact) mass is 364 g/mol. The first-order valence-corrected chi connectivity index (χ1v) is 9.62. The molecule has 0 atom stereocenters. The minimum atomic E-state index is -0.252. The molecule has 0 saturated heterocycles. The van der Waals surface area contributed by atoms with Gasteiger partial charge in [-0.1, -0.05) is 12.1 Å². The van der Waals surface area contributed by atoms with Crippen LogP contribution in [-0.2, 0) is 19.3 Å². The number of amides is 2. The third-order valence-corrected chi connectivity index (χ3v) is 5.51. The summed E-state index contributed by atoms with van der Waals surface area (Å²) in [6, 6.07) is 11.7. The number of urea groups is 1. The van der Waals surface area contributed by atoms with Crippen molar-refractivity contribution in [2.45, 2.75) is 32.1 Å². The SMILES string of the molecule is O=C(Nc1ccc(Cc2ccncc2)cc1)Nc1nc2c(s1)CCCC2. The molecule has 3 aromatic rings. The number of hydrogen-bond acceptors (Lipinski definition) is 4. The van der Waals surface area contributed by atoms with Crippen molar-refractivity contribution in [1.82, 2.24) is 9.97 Å². The Morgan fingerprint density at radius 3 is 2.46 bits per heavy atom. The Kier molecular flexibility index (Phi) is 4.93. The van der Waals surface area contributed by atoms with Crippen molar-refractivity contribution in [2.24, 2.45) is 0 Å². The molecule has 0 fully saturated rings. The van der Waals surface area contributed by atoms with Gasteiger partial charge in [0.2, 0.25) is 0 Å². The van der Waals surface area contributed by atoms with Gasteiger partial charge in [-0.3, -0.25) is 10.3 Å². The third kappa shape index (κ3) is 4.08. The molecule has 0 bridgehead atoms. The minimum absolute atomic E-state index is 0.252. The number of nitrogens with zero attached hydrogens (tertiary/aromatic N) is 2. The molecule has 0 spiro atoms. The van der Waals surface area contributed by atoms with Crippen molar-refractivity contribution in [2.75, 3.05) is 10.6 Å². The summed E-state index contributed by atoms with van der Waals surface area (Å²) in [7, 11) is 0. The Bertz CT molecular complexity index is 866. The van der Waals surface area contributed by atoms with E-state index in [9.17, 15) is 4.79 Å². The highest BCUT2D eigenvalue weighted by molar-refractivity contribution is 7.15. The largest absolute Gasteiger partial charge is 0.325 e. The number of pyridine rings is 1. The first-order chi connectivity index (χ1) is 12.8. The summed E-state index contributed by atoms with van der Waals surface area (Å²) in [5, 5.41) is 6.40. The fraction of sp³-hybridized carbons (Fsp3) is 0.250. The van der Waals surface area contributed by atoms with E-state index in [4.69, 9.17) is 0 Å². The highest BCUT2D eigenvalue weighted by Gasteiger charge is 2.16. The fourth-order valence-electron chi connectivity index (χ4n) is 3.11. The lowest BCUT2D eigenvalue weighted by Gasteiger charge is -2.07. The van der Waals surface area contributed by atoms with Crippen LogP contribution in [0.25, 0.3) is 0 Å². The number of nitrogens with one attached hydrogen (secondary N) is 2. The molecule has 1 aliphatic rings. The standard InChI is InChI=1S/C20H20N4OS/c25-19(24-20-23-17-3-1-2-4-18(17)26-20)22-16-7-5-14(6-8-16)13-15-9-11-21-12-10-15/h5-12H,1-4,13H2,(H2,22,23,24,25). The molecule has 0 aliphatic heterocycles. The fourth-order valence-corrected chi connectivity index (χ4v) is 4.15. The summed E-state index contributed by atoms with van der Waals surface area (Å²) >= 11 is 1.59. The predicted octanol–water partition coefficient (Wildman–Crippen LogP) is 4.65. The summed E-state index contributed by atoms with van der Waals surface area (Å²) in [4.78, 5) is 22.1. The molecule has 1 aliphatic carbocycles. The molecule has 4 rings (SSSR count). The lowest BCUT2D eigenvalue weighted by Crippen LogP contribution is -2.19. The van der Waals surface area contributed by atoms with Gasteiger partial charge >= 0.3 is 6.03 Å². The maximum atomic E-state index is 12.2. The summed E-state index contributed by atoms with van der Waals surface area (Å²) in [5.41, 5.74) is 4.32. The number of carbonyl (C=O) groups is 1. The average molecular weight is 364 g/mol. The van der Waals surface area contributed by atoms with Crippen molar-refractivity contribution in [3.8, 4) is 0 Å². The van der Waals surface area contributed by atoms with Gasteiger partial charge in [-0.2, -0.15) is 0 Å². The molecule has 2 heterocycles. The van der Waals surface area contributed by atoms with Crippen LogP contribution in [0.2, 0.25) is 0 Å². The van der Waals surface area contributed by atoms with Gasteiger partial charge < -0.3 is 5.32 Å². The van der Waals surface area contributed by atoms with Gasteiger partial charge in [0, 0.05) is 23.0 Å². The zero-order chi connectivity index (χ0) is 17.8. The van der Waals surface area contributed by atoms with Gasteiger partial charge in [0.25, 0.3) is 0 Å². The zero-order valence-electron chi connectivity index (χ0n) is 14.4. The number of aromatic nitrogens is 2. The average Bonchev–Trinajstić information content (AvgIpc) is 3.06. The van der Waals surface area contributed by atoms with E-state index in [0.29, 0.717) is 5.13 Å². The Morgan fingerprint density at radius 2 is 1.69 bits per heavy atom. The van der Waals surface area contributed by atoms with E-state index in [2.05, 4.69) is 20.6 Å². The van der Waals surface area contributed by atoms with Crippen molar-refractivity contribution < 1.29 is 4.79 Å². The zero-order valence-corrected chi connectivity index (χ0v) is 15.2. The van der Waals surface area contributed by atoms with Crippen LogP contribution in [0.4, 0.5) is 15.6 Å². The van der Waals surface area contributed by atoms with Crippen LogP contribution in [-0.4, -0.2) is 16.0 Å². The van der Waals surface area contributed by atoms with Crippen molar-refractivity contribution in [1.29, 1.82) is 0 Å². The molecule has 1 aromatic carbocycles. The second-order valence-corrected chi connectivity index (χ2v) is 7.49. The van der Waals surface area contributed by atoms with E-state index >= 15 is 0 Å². The van der Waals surface area contributed by atoms with Gasteiger partial charge in [-0.05, 0) is 67.5 Å². The van der Waals surface area contributed by atoms with Crippen LogP contribution in [0.5, 0.6) is 0 Å². The summed E-state index contributed by atoms with van der Waals surface area (Å²) in [6.07, 6.45) is 8.95. The minimum Gasteiger partial charge on any atom is -0.308 e. The Morgan fingerprint density at radius 1 is 0.962 bits per heavy atom. The second kappa shape index (κ2) is 7.66. The summed E-state index contributed by atoms with van der Waals surface area (Å²) in [6.45, 7) is 0. The number of fused-ring (bicyclic) bond motifs is 1. The summed E-state index contributed by atoms with van der Waals surface area (Å²) in [5.74, 6) is 0. The Hall–Kier alpha value is -2.73. The summed E-state index contributed by atoms with van der Waals surface area (Å²) < 4.78 is 0. The number of thiazole rings is 1. The number of rotatable bonds is 4. The van der Waals surface area contributed by atoms with Crippen molar-refractivity contribution >= 4 is 28.2 Å². The molecule has 5 nitrogen and oxygen atoms in total. The Balaban J connectivity index is 1.34. The van der Waals surface area contributed by atoms with Gasteiger partial charge in [-0.25, -0.2) is 9.78 Å². The van der Waals surface area contributed by atoms with E-state index in [1.165, 1.54) is 28.8 Å². The van der Waals surface area contributed by atoms with E-state index in [1.807, 2.05) is 36.4 Å². The van der Waals surface area contributed by atoms with E-state index in [0.717, 1.165) is 30.6 Å². The molecule has 26 heavy (non-hydrogen) atoms. The number of carbonyl (C=O) groups excluding carboxylic acids is 1. The van der Waals surface area contributed by atoms with Gasteiger partial charge in [0.15, 0.2) is 5.13 Å². The van der Waals surface area contributed by atoms with Gasteiger partial charge in [0.05, 0.1) is 5.69 Å². The third-order valence-electron chi connectivity index (χ3n) is 4.44. The molecule has 0 unspecified atom stereocenters. The molecule has 6 heteroatoms. The van der Waals surface area contributed by atoms with Gasteiger partial charge in [-0.15, -0.1) is 11.3 Å². The normalized spacial score (nSPS) is 13.1. The Labute approximate surface area is 156 Å². The lowest BCUT2D eigenvalue weighted by atomic mass is 10.0. The molecule has 2 amide bonds. The van der Waals surface area contributed by atoms with Crippen LogP contribution in [0.3, 0.4) is 0 Å². The smallest absolute Gasteiger partial charge is 0.308 e. The van der Waals surface area contributed by atoms with Gasteiger partial charge in [0.1, 0.15) is 0 Å². The van der Waals surface area contributed by atoms with Crippen molar-refractivity contribution in [3.63, 3.8) is 0 Å². The van der Waals surface area contributed by atoms with Crippen LogP contribution in [0, 0.1) is 0 Å². The van der Waals surface area contributed by atoms with Crippen LogP contribution >= 0.6 is 11.3 Å². The maximum Gasteiger partial charge on any atom is 0.325 e. The molecular weight excluding hydrogens is 344 g/mol. The highest BCUT2D eigenvalue weighted by Crippen LogP contribution is 2.29. The molecule has 0 radical (unpaired) electrons. The number of benzene rings is 1. The first-order valence-electron chi connectivity index (χ1n) is 8.81. The molecule has 132 valence electrons. The maximum absolute atomic E-state index is 12.2. The lowest BCUT2D eigenvalue weighted by molar-refractivity contribution is 0.262. The molecule has 0 saturated carbocycles. The number of aryl methyl sites for hydroxylation is 2. The first kappa shape index (κ1) is 16.7. The predicted molar refractivity (Wildman–Crippen MR) is 105 cm³/mol. The van der Waals surface area contributed by atoms with Crippen LogP contribution < -0.4 is 10.6 Å². The van der Waals surface area contributed by atoms with E-state index in [-0.39, 0.29) is 6.03 Å². The van der Waals surface area contributed by atoms with E-state index < -0.39 is 0 Å². The quantitative estimate of drug-likeness (QED) is 0.708. The van der Waals surface area contributed by atoms with Crippen molar-refractivity contribution in [3.05, 3.63) is 70.5 Å².